The van der Waals surface area contributed by atoms with Gasteiger partial charge in [0.1, 0.15) is 0 Å². The van der Waals surface area contributed by atoms with E-state index in [0.717, 1.165) is 12.3 Å². The van der Waals surface area contributed by atoms with E-state index in [1.54, 1.807) is 12.1 Å². The van der Waals surface area contributed by atoms with Crippen LogP contribution in [-0.2, 0) is 26.2 Å². The first-order chi connectivity index (χ1) is 12.2. The summed E-state index contributed by atoms with van der Waals surface area (Å²) >= 11 is 0. The Bertz CT molecular complexity index is 791. The summed E-state index contributed by atoms with van der Waals surface area (Å²) in [6.07, 6.45) is 4.93. The highest BCUT2D eigenvalue weighted by Gasteiger charge is 2.42. The Morgan fingerprint density at radius 2 is 1.85 bits per heavy atom. The van der Waals surface area contributed by atoms with Crippen molar-refractivity contribution in [1.29, 1.82) is 0 Å². The highest BCUT2D eigenvalue weighted by atomic mass is 32.2. The molecule has 2 bridgehead atoms. The topological polar surface area (TPSA) is 118 Å². The Hall–Kier alpha value is -1.93. The van der Waals surface area contributed by atoms with Gasteiger partial charge in [-0.15, -0.1) is 0 Å². The Morgan fingerprint density at radius 1 is 1.15 bits per heavy atom. The van der Waals surface area contributed by atoms with Gasteiger partial charge in [-0.1, -0.05) is 18.6 Å². The van der Waals surface area contributed by atoms with E-state index in [2.05, 4.69) is 10.6 Å². The van der Waals surface area contributed by atoms with E-state index >= 15 is 0 Å². The van der Waals surface area contributed by atoms with E-state index in [9.17, 15) is 18.0 Å². The summed E-state index contributed by atoms with van der Waals surface area (Å²) in [6.45, 7) is 2.11. The second-order valence-corrected chi connectivity index (χ2v) is 9.03. The predicted octanol–water partition coefficient (Wildman–Crippen LogP) is 0.891. The van der Waals surface area contributed by atoms with Crippen molar-refractivity contribution in [2.24, 2.45) is 22.9 Å². The third-order valence-corrected chi connectivity index (χ3v) is 6.63. The maximum atomic E-state index is 12.1. The molecule has 2 fully saturated rings. The fourth-order valence-electron chi connectivity index (χ4n) is 4.35. The van der Waals surface area contributed by atoms with Gasteiger partial charge < -0.3 is 10.6 Å². The Kier molecular flexibility index (Phi) is 5.34. The number of amides is 2. The van der Waals surface area contributed by atoms with E-state index in [1.165, 1.54) is 31.4 Å². The van der Waals surface area contributed by atoms with Gasteiger partial charge in [0.15, 0.2) is 0 Å². The Labute approximate surface area is 153 Å². The first-order valence-corrected chi connectivity index (χ1v) is 10.5. The van der Waals surface area contributed by atoms with Crippen LogP contribution in [0.3, 0.4) is 0 Å². The summed E-state index contributed by atoms with van der Waals surface area (Å²) in [5.74, 6) is 0.627. The maximum Gasteiger partial charge on any atom is 0.309 e. The quantitative estimate of drug-likeness (QED) is 0.658. The van der Waals surface area contributed by atoms with Crippen molar-refractivity contribution in [1.82, 2.24) is 10.6 Å². The smallest absolute Gasteiger partial charge is 0.309 e. The van der Waals surface area contributed by atoms with Gasteiger partial charge in [-0.05, 0) is 61.6 Å². The number of carbonyl (C=O) groups is 2. The molecule has 1 aromatic rings. The molecule has 2 aliphatic carbocycles. The van der Waals surface area contributed by atoms with E-state index in [0.29, 0.717) is 17.4 Å². The summed E-state index contributed by atoms with van der Waals surface area (Å²) < 4.78 is 22.4. The molecule has 4 N–H and O–H groups in total. The molecule has 26 heavy (non-hydrogen) atoms. The molecule has 0 radical (unpaired) electrons. The summed E-state index contributed by atoms with van der Waals surface area (Å²) in [5, 5.41) is 10.4. The van der Waals surface area contributed by atoms with Gasteiger partial charge in [0.2, 0.25) is 10.0 Å². The fourth-order valence-corrected chi connectivity index (χ4v) is 4.86. The third kappa shape index (κ3) is 4.24. The standard InChI is InChI=1S/C18H25N3O4S/c1-11(16-9-13-2-5-14(16)8-13)21-18(23)17(22)20-10-12-3-6-15(7-4-12)26(19,24)25/h3-4,6-7,11,13-14,16H,2,5,8-10H2,1H3,(H,20,22)(H,21,23)(H2,19,24,25). The molecule has 0 aliphatic heterocycles. The van der Waals surface area contributed by atoms with Crippen molar-refractivity contribution in [3.8, 4) is 0 Å². The van der Waals surface area contributed by atoms with Crippen molar-refractivity contribution in [3.05, 3.63) is 29.8 Å². The molecule has 2 saturated carbocycles. The molecule has 2 aliphatic rings. The molecule has 8 heteroatoms. The number of hydrogen-bond acceptors (Lipinski definition) is 4. The number of hydrogen-bond donors (Lipinski definition) is 3. The molecule has 4 atom stereocenters. The number of fused-ring (bicyclic) bond motifs is 2. The molecule has 0 aromatic heterocycles. The summed E-state index contributed by atoms with van der Waals surface area (Å²) in [4.78, 5) is 24.1. The van der Waals surface area contributed by atoms with Gasteiger partial charge in [-0.25, -0.2) is 13.6 Å². The zero-order valence-corrected chi connectivity index (χ0v) is 15.6. The highest BCUT2D eigenvalue weighted by Crippen LogP contribution is 2.49. The minimum atomic E-state index is -3.74. The monoisotopic (exact) mass is 379 g/mol. The summed E-state index contributed by atoms with van der Waals surface area (Å²) in [5.41, 5.74) is 0.680. The average molecular weight is 379 g/mol. The zero-order valence-electron chi connectivity index (χ0n) is 14.8. The summed E-state index contributed by atoms with van der Waals surface area (Å²) in [6, 6.07) is 5.84. The normalized spacial score (nSPS) is 25.7. The molecular weight excluding hydrogens is 354 g/mol. The van der Waals surface area contributed by atoms with Crippen LogP contribution in [0.4, 0.5) is 0 Å². The molecule has 1 aromatic carbocycles. The largest absolute Gasteiger partial charge is 0.345 e. The van der Waals surface area contributed by atoms with Crippen molar-refractivity contribution in [2.45, 2.75) is 50.1 Å². The Morgan fingerprint density at radius 3 is 2.38 bits per heavy atom. The van der Waals surface area contributed by atoms with Gasteiger partial charge in [0.05, 0.1) is 4.90 Å². The van der Waals surface area contributed by atoms with Crippen molar-refractivity contribution < 1.29 is 18.0 Å². The second-order valence-electron chi connectivity index (χ2n) is 7.47. The van der Waals surface area contributed by atoms with Crippen LogP contribution in [0.1, 0.15) is 38.2 Å². The summed E-state index contributed by atoms with van der Waals surface area (Å²) in [7, 11) is -3.74. The first kappa shape index (κ1) is 18.8. The fraction of sp³-hybridized carbons (Fsp3) is 0.556. The number of nitrogens with one attached hydrogen (secondary N) is 2. The van der Waals surface area contributed by atoms with Gasteiger partial charge in [-0.3, -0.25) is 9.59 Å². The maximum absolute atomic E-state index is 12.1. The number of benzene rings is 1. The molecule has 4 unspecified atom stereocenters. The second kappa shape index (κ2) is 7.36. The van der Waals surface area contributed by atoms with Crippen molar-refractivity contribution in [2.75, 3.05) is 0 Å². The van der Waals surface area contributed by atoms with Gasteiger partial charge >= 0.3 is 11.8 Å². The van der Waals surface area contributed by atoms with Crippen LogP contribution in [-0.4, -0.2) is 26.3 Å². The lowest BCUT2D eigenvalue weighted by Crippen LogP contribution is -2.46. The lowest BCUT2D eigenvalue weighted by Gasteiger charge is -2.28. The number of carbonyl (C=O) groups excluding carboxylic acids is 2. The number of sulfonamides is 1. The third-order valence-electron chi connectivity index (χ3n) is 5.70. The van der Waals surface area contributed by atoms with Gasteiger partial charge in [0.25, 0.3) is 0 Å². The zero-order chi connectivity index (χ0) is 18.9. The molecule has 0 heterocycles. The van der Waals surface area contributed by atoms with Crippen molar-refractivity contribution >= 4 is 21.8 Å². The molecular formula is C18H25N3O4S. The van der Waals surface area contributed by atoms with Crippen molar-refractivity contribution in [3.63, 3.8) is 0 Å². The SMILES string of the molecule is CC(NC(=O)C(=O)NCc1ccc(S(N)(=O)=O)cc1)C1CC2CCC1C2. The Balaban J connectivity index is 1.47. The van der Waals surface area contributed by atoms with Crippen LogP contribution in [0.2, 0.25) is 0 Å². The van der Waals surface area contributed by atoms with Crippen LogP contribution < -0.4 is 15.8 Å². The molecule has 0 saturated heterocycles. The lowest BCUT2D eigenvalue weighted by atomic mass is 9.84. The van der Waals surface area contributed by atoms with Crippen LogP contribution in [0.15, 0.2) is 29.2 Å². The predicted molar refractivity (Wildman–Crippen MR) is 96.2 cm³/mol. The number of nitrogens with two attached hydrogens (primary N) is 1. The number of primary sulfonamides is 1. The highest BCUT2D eigenvalue weighted by molar-refractivity contribution is 7.89. The van der Waals surface area contributed by atoms with Crippen LogP contribution >= 0.6 is 0 Å². The molecule has 0 spiro atoms. The molecule has 142 valence electrons. The lowest BCUT2D eigenvalue weighted by molar-refractivity contribution is -0.140. The first-order valence-electron chi connectivity index (χ1n) is 8.94. The van der Waals surface area contributed by atoms with E-state index < -0.39 is 21.8 Å². The average Bonchev–Trinajstić information content (AvgIpc) is 3.22. The molecule has 3 rings (SSSR count). The minimum absolute atomic E-state index is 0.00223. The van der Waals surface area contributed by atoms with E-state index in [-0.39, 0.29) is 17.5 Å². The van der Waals surface area contributed by atoms with Crippen LogP contribution in [0.25, 0.3) is 0 Å². The van der Waals surface area contributed by atoms with Crippen LogP contribution in [0.5, 0.6) is 0 Å². The van der Waals surface area contributed by atoms with Gasteiger partial charge in [-0.2, -0.15) is 0 Å². The molecule has 7 nitrogen and oxygen atoms in total. The molecule has 2 amide bonds. The van der Waals surface area contributed by atoms with E-state index in [1.807, 2.05) is 6.92 Å². The van der Waals surface area contributed by atoms with Gasteiger partial charge in [0, 0.05) is 12.6 Å². The van der Waals surface area contributed by atoms with E-state index in [4.69, 9.17) is 5.14 Å². The number of rotatable bonds is 5. The van der Waals surface area contributed by atoms with Crippen LogP contribution in [0, 0.1) is 17.8 Å². The minimum Gasteiger partial charge on any atom is -0.345 e.